The Balaban J connectivity index is 1.34. The number of fused-ring (bicyclic) bond motifs is 2. The van der Waals surface area contributed by atoms with E-state index in [1.165, 1.54) is 10.9 Å². The van der Waals surface area contributed by atoms with Gasteiger partial charge in [0.2, 0.25) is 0 Å². The van der Waals surface area contributed by atoms with Crippen molar-refractivity contribution in [2.45, 2.75) is 41.8 Å². The average molecular weight is 493 g/mol. The van der Waals surface area contributed by atoms with Gasteiger partial charge in [-0.1, -0.05) is 23.9 Å². The first-order chi connectivity index (χ1) is 15.9. The number of nitrogens with one attached hydrogen (secondary N) is 1. The number of thiazole rings is 1. The molecule has 1 aliphatic heterocycles. The standard InChI is InChI=1S/C20H21FN6O4S2/c1-9(7-32-20-24-10-4-2-3-5-12(10)33-20)23-16-13-17(26-19(21)25-16)27(8-22-13)18-15(30)14(29)11(6-28)31-18/h2-5,8-9,11,14-15,18,28-30H,6-7H2,1H3,(H,23,25,26). The minimum absolute atomic E-state index is 0.0985. The minimum Gasteiger partial charge on any atom is -0.394 e. The van der Waals surface area contributed by atoms with E-state index in [1.54, 1.807) is 23.1 Å². The number of anilines is 1. The maximum atomic E-state index is 14.3. The molecule has 13 heteroatoms. The number of para-hydroxylation sites is 1. The van der Waals surface area contributed by atoms with Crippen molar-refractivity contribution in [3.8, 4) is 0 Å². The highest BCUT2D eigenvalue weighted by molar-refractivity contribution is 8.01. The first-order valence-electron chi connectivity index (χ1n) is 10.2. The van der Waals surface area contributed by atoms with Crippen molar-refractivity contribution in [1.82, 2.24) is 24.5 Å². The molecule has 174 valence electrons. The van der Waals surface area contributed by atoms with E-state index in [9.17, 15) is 19.7 Å². The molecule has 0 amide bonds. The summed E-state index contributed by atoms with van der Waals surface area (Å²) < 4.78 is 23.2. The smallest absolute Gasteiger partial charge is 0.312 e. The largest absolute Gasteiger partial charge is 0.394 e. The number of hydrogen-bond donors (Lipinski definition) is 4. The van der Waals surface area contributed by atoms with Gasteiger partial charge < -0.3 is 25.4 Å². The lowest BCUT2D eigenvalue weighted by Gasteiger charge is -2.17. The Bertz CT molecular complexity index is 1250. The van der Waals surface area contributed by atoms with Gasteiger partial charge in [0.1, 0.15) is 18.3 Å². The van der Waals surface area contributed by atoms with Crippen LogP contribution in [0.4, 0.5) is 10.2 Å². The quantitative estimate of drug-likeness (QED) is 0.223. The van der Waals surface area contributed by atoms with Crippen LogP contribution in [-0.2, 0) is 4.74 Å². The summed E-state index contributed by atoms with van der Waals surface area (Å²) in [5.74, 6) is 0.864. The van der Waals surface area contributed by atoms with Gasteiger partial charge in [-0.2, -0.15) is 14.4 Å². The summed E-state index contributed by atoms with van der Waals surface area (Å²) in [6.07, 6.45) is -4.29. The summed E-state index contributed by atoms with van der Waals surface area (Å²) in [4.78, 5) is 16.5. The normalized spacial score (nSPS) is 24.0. The van der Waals surface area contributed by atoms with Crippen molar-refractivity contribution >= 4 is 50.3 Å². The van der Waals surface area contributed by atoms with Gasteiger partial charge in [-0.25, -0.2) is 9.97 Å². The van der Waals surface area contributed by atoms with Gasteiger partial charge >= 0.3 is 6.08 Å². The van der Waals surface area contributed by atoms with Crippen molar-refractivity contribution in [3.05, 3.63) is 36.7 Å². The lowest BCUT2D eigenvalue weighted by Crippen LogP contribution is -2.33. The molecule has 1 aromatic carbocycles. The highest BCUT2D eigenvalue weighted by Crippen LogP contribution is 2.33. The molecular formula is C20H21FN6O4S2. The third-order valence-corrected chi connectivity index (χ3v) is 7.74. The number of aliphatic hydroxyl groups excluding tert-OH is 3. The Morgan fingerprint density at radius 2 is 2.06 bits per heavy atom. The number of ether oxygens (including phenoxy) is 1. The summed E-state index contributed by atoms with van der Waals surface area (Å²) in [5, 5.41) is 32.8. The van der Waals surface area contributed by atoms with Gasteiger partial charge in [-0.15, -0.1) is 11.3 Å². The molecule has 0 bridgehead atoms. The second kappa shape index (κ2) is 9.08. The lowest BCUT2D eigenvalue weighted by atomic mass is 10.1. The van der Waals surface area contributed by atoms with E-state index in [0.29, 0.717) is 11.3 Å². The van der Waals surface area contributed by atoms with E-state index in [4.69, 9.17) is 4.74 Å². The van der Waals surface area contributed by atoms with Crippen molar-refractivity contribution in [2.24, 2.45) is 0 Å². The highest BCUT2D eigenvalue weighted by atomic mass is 32.2. The number of aliphatic hydroxyl groups is 3. The molecule has 5 atom stereocenters. The van der Waals surface area contributed by atoms with E-state index < -0.39 is 37.2 Å². The monoisotopic (exact) mass is 492 g/mol. The second-order valence-electron chi connectivity index (χ2n) is 7.70. The molecule has 4 N–H and O–H groups in total. The van der Waals surface area contributed by atoms with Crippen LogP contribution in [0, 0.1) is 6.08 Å². The van der Waals surface area contributed by atoms with Crippen LogP contribution in [0.3, 0.4) is 0 Å². The summed E-state index contributed by atoms with van der Waals surface area (Å²) in [5.41, 5.74) is 1.36. The number of nitrogens with zero attached hydrogens (tertiary/aromatic N) is 5. The summed E-state index contributed by atoms with van der Waals surface area (Å²) in [7, 11) is 0. The molecule has 0 radical (unpaired) electrons. The topological polar surface area (TPSA) is 138 Å². The van der Waals surface area contributed by atoms with Crippen molar-refractivity contribution < 1.29 is 24.4 Å². The SMILES string of the molecule is CC(CSc1nc2ccccc2s1)Nc1nc(F)nc2c1ncn2C1OC(CO)C(O)C1O. The van der Waals surface area contributed by atoms with Gasteiger partial charge in [0.05, 0.1) is 23.2 Å². The van der Waals surface area contributed by atoms with E-state index in [0.717, 1.165) is 14.6 Å². The Hall–Kier alpha value is -2.42. The molecule has 4 heterocycles. The van der Waals surface area contributed by atoms with E-state index in [2.05, 4.69) is 25.3 Å². The van der Waals surface area contributed by atoms with Crippen molar-refractivity contribution in [1.29, 1.82) is 0 Å². The predicted molar refractivity (Wildman–Crippen MR) is 122 cm³/mol. The van der Waals surface area contributed by atoms with Gasteiger partial charge in [0.25, 0.3) is 0 Å². The lowest BCUT2D eigenvalue weighted by molar-refractivity contribution is -0.0511. The van der Waals surface area contributed by atoms with Crippen molar-refractivity contribution in [2.75, 3.05) is 17.7 Å². The Labute approximate surface area is 195 Å². The molecule has 1 saturated heterocycles. The molecular weight excluding hydrogens is 471 g/mol. The van der Waals surface area contributed by atoms with Crippen molar-refractivity contribution in [3.63, 3.8) is 0 Å². The third kappa shape index (κ3) is 4.27. The zero-order valence-corrected chi connectivity index (χ0v) is 19.0. The molecule has 33 heavy (non-hydrogen) atoms. The Kier molecular flexibility index (Phi) is 6.16. The molecule has 3 aromatic heterocycles. The zero-order valence-electron chi connectivity index (χ0n) is 17.4. The van der Waals surface area contributed by atoms with Crippen LogP contribution in [0.2, 0.25) is 0 Å². The molecule has 1 aliphatic rings. The number of thioether (sulfide) groups is 1. The van der Waals surface area contributed by atoms with Crippen LogP contribution in [0.5, 0.6) is 0 Å². The molecule has 0 spiro atoms. The third-order valence-electron chi connectivity index (χ3n) is 5.30. The Morgan fingerprint density at radius 3 is 2.82 bits per heavy atom. The van der Waals surface area contributed by atoms with Crippen LogP contribution in [-0.4, -0.2) is 76.5 Å². The predicted octanol–water partition coefficient (Wildman–Crippen LogP) is 1.78. The molecule has 4 aromatic rings. The van der Waals surface area contributed by atoms with Gasteiger partial charge in [-0.05, 0) is 19.1 Å². The minimum atomic E-state index is -1.34. The summed E-state index contributed by atoms with van der Waals surface area (Å²) >= 11 is 3.21. The first kappa shape index (κ1) is 22.4. The Morgan fingerprint density at radius 1 is 1.24 bits per heavy atom. The summed E-state index contributed by atoms with van der Waals surface area (Å²) in [6.45, 7) is 1.47. The fourth-order valence-electron chi connectivity index (χ4n) is 3.67. The molecule has 0 saturated carbocycles. The number of aromatic nitrogens is 5. The summed E-state index contributed by atoms with van der Waals surface area (Å²) in [6, 6.07) is 7.84. The maximum Gasteiger partial charge on any atom is 0.312 e. The molecule has 5 rings (SSSR count). The van der Waals surface area contributed by atoms with Gasteiger partial charge in [-0.3, -0.25) is 4.57 Å². The second-order valence-corrected chi connectivity index (χ2v) is 10.00. The van der Waals surface area contributed by atoms with Crippen LogP contribution >= 0.6 is 23.1 Å². The fraction of sp³-hybridized carbons (Fsp3) is 0.400. The number of imidazole rings is 1. The maximum absolute atomic E-state index is 14.3. The van der Waals surface area contributed by atoms with Crippen LogP contribution < -0.4 is 5.32 Å². The molecule has 5 unspecified atom stereocenters. The molecule has 10 nitrogen and oxygen atoms in total. The highest BCUT2D eigenvalue weighted by Gasteiger charge is 2.44. The zero-order chi connectivity index (χ0) is 23.1. The fourth-order valence-corrected chi connectivity index (χ4v) is 5.72. The number of halogens is 1. The van der Waals surface area contributed by atoms with Gasteiger partial charge in [0, 0.05) is 11.8 Å². The van der Waals surface area contributed by atoms with Crippen LogP contribution in [0.1, 0.15) is 13.2 Å². The number of benzene rings is 1. The van der Waals surface area contributed by atoms with Crippen LogP contribution in [0.25, 0.3) is 21.4 Å². The number of hydrogen-bond acceptors (Lipinski definition) is 11. The number of rotatable bonds is 7. The molecule has 0 aliphatic carbocycles. The molecule has 1 fully saturated rings. The van der Waals surface area contributed by atoms with E-state index in [-0.39, 0.29) is 17.5 Å². The van der Waals surface area contributed by atoms with E-state index in [1.807, 2.05) is 31.2 Å². The van der Waals surface area contributed by atoms with Crippen LogP contribution in [0.15, 0.2) is 34.9 Å². The first-order valence-corrected chi connectivity index (χ1v) is 12.0. The average Bonchev–Trinajstić information content (AvgIpc) is 3.48. The van der Waals surface area contributed by atoms with Gasteiger partial charge in [0.15, 0.2) is 27.5 Å². The van der Waals surface area contributed by atoms with E-state index >= 15 is 0 Å².